The van der Waals surface area contributed by atoms with Gasteiger partial charge in [-0.3, -0.25) is 0 Å². The van der Waals surface area contributed by atoms with Gasteiger partial charge in [-0.25, -0.2) is 0 Å². The Morgan fingerprint density at radius 1 is 0.541 bits per heavy atom. The topological polar surface area (TPSA) is 27.3 Å². The third kappa shape index (κ3) is 11.2. The van der Waals surface area contributed by atoms with Crippen LogP contribution in [0, 0.1) is 0 Å². The Morgan fingerprint density at radius 3 is 1.00 bits per heavy atom. The van der Waals surface area contributed by atoms with E-state index in [0.29, 0.717) is 35.8 Å². The van der Waals surface area contributed by atoms with Gasteiger partial charge in [0.25, 0.3) is 0 Å². The van der Waals surface area contributed by atoms with E-state index >= 15 is 0 Å². The van der Waals surface area contributed by atoms with Crippen molar-refractivity contribution in [1.82, 2.24) is 4.90 Å². The molecular weight excluding hydrogens is 633 g/mol. The van der Waals surface area contributed by atoms with Gasteiger partial charge < -0.3 is 49.5 Å². The van der Waals surface area contributed by atoms with E-state index in [9.17, 15) is 0 Å². The summed E-state index contributed by atoms with van der Waals surface area (Å²) in [5, 5.41) is 7.76. The first-order valence-electron chi connectivity index (χ1n) is 13.4. The molecule has 0 saturated carbocycles. The molecule has 0 amide bonds. The standard InChI is InChI=1S/C31H51N3.2BrH.Co/c1-20(2)26-14-12-15-27(21(3)4)30(26)32-24(9)18-34(11)19-25(10)33-31-28(22(5)6)16-13-17-29(31)23(7)8;;;/h12-17,20-25,32-33H,18-19H2,1-11H3;2*1H;/q;;;+2/p-2. The van der Waals surface area contributed by atoms with Crippen molar-refractivity contribution >= 4 is 11.4 Å². The van der Waals surface area contributed by atoms with Crippen LogP contribution in [0.25, 0.3) is 0 Å². The van der Waals surface area contributed by atoms with Crippen molar-refractivity contribution in [3.8, 4) is 0 Å². The normalized spacial score (nSPS) is 12.8. The molecule has 213 valence electrons. The first-order chi connectivity index (χ1) is 15.9. The van der Waals surface area contributed by atoms with Crippen LogP contribution in [0.4, 0.5) is 11.4 Å². The van der Waals surface area contributed by atoms with Crippen molar-refractivity contribution in [1.29, 1.82) is 0 Å². The molecule has 2 aromatic carbocycles. The van der Waals surface area contributed by atoms with Gasteiger partial charge in [0.15, 0.2) is 0 Å². The zero-order valence-electron chi connectivity index (χ0n) is 24.9. The maximum Gasteiger partial charge on any atom is 2.00 e. The second kappa shape index (κ2) is 17.9. The van der Waals surface area contributed by atoms with E-state index in [1.807, 2.05) is 0 Å². The number of halogens is 2. The van der Waals surface area contributed by atoms with Crippen molar-refractivity contribution in [2.45, 2.75) is 105 Å². The quantitative estimate of drug-likeness (QED) is 0.360. The van der Waals surface area contributed by atoms with Crippen LogP contribution in [0.5, 0.6) is 0 Å². The second-order valence-corrected chi connectivity index (χ2v) is 11.6. The van der Waals surface area contributed by atoms with Gasteiger partial charge in [0.2, 0.25) is 0 Å². The number of anilines is 2. The monoisotopic (exact) mass is 682 g/mol. The zero-order valence-corrected chi connectivity index (χ0v) is 29.1. The fourth-order valence-electron chi connectivity index (χ4n) is 5.03. The maximum absolute atomic E-state index is 3.88. The van der Waals surface area contributed by atoms with Crippen LogP contribution < -0.4 is 44.6 Å². The molecule has 1 radical (unpaired) electrons. The number of benzene rings is 2. The number of para-hydroxylation sites is 2. The summed E-state index contributed by atoms with van der Waals surface area (Å²) in [6.45, 7) is 24.9. The minimum absolute atomic E-state index is 0. The molecule has 0 bridgehead atoms. The van der Waals surface area contributed by atoms with Gasteiger partial charge in [0.1, 0.15) is 0 Å². The summed E-state index contributed by atoms with van der Waals surface area (Å²) in [4.78, 5) is 2.45. The number of nitrogens with one attached hydrogen (secondary N) is 2. The summed E-state index contributed by atoms with van der Waals surface area (Å²) in [6, 6.07) is 14.3. The van der Waals surface area contributed by atoms with Crippen molar-refractivity contribution in [3.05, 3.63) is 58.7 Å². The Bertz CT molecular complexity index is 789. The van der Waals surface area contributed by atoms with E-state index in [2.05, 4.69) is 128 Å². The Kier molecular flexibility index (Phi) is 18.7. The van der Waals surface area contributed by atoms with Crippen molar-refractivity contribution < 1.29 is 50.7 Å². The molecule has 3 nitrogen and oxygen atoms in total. The third-order valence-corrected chi connectivity index (χ3v) is 6.70. The molecule has 2 rings (SSSR count). The summed E-state index contributed by atoms with van der Waals surface area (Å²) < 4.78 is 0. The fourth-order valence-corrected chi connectivity index (χ4v) is 5.03. The average molecular weight is 685 g/mol. The number of likely N-dealkylation sites (N-methyl/N-ethyl adjacent to an activating group) is 1. The zero-order chi connectivity index (χ0) is 25.6. The number of hydrogen-bond acceptors (Lipinski definition) is 3. The molecule has 37 heavy (non-hydrogen) atoms. The second-order valence-electron chi connectivity index (χ2n) is 11.6. The van der Waals surface area contributed by atoms with Crippen LogP contribution in [-0.2, 0) is 16.8 Å². The van der Waals surface area contributed by atoms with Gasteiger partial charge in [-0.05, 0) is 66.8 Å². The fraction of sp³-hybridized carbons (Fsp3) is 0.613. The molecule has 0 aromatic heterocycles. The molecule has 0 aliphatic rings. The van der Waals surface area contributed by atoms with Crippen LogP contribution in [0.15, 0.2) is 36.4 Å². The largest absolute Gasteiger partial charge is 2.00 e. The minimum Gasteiger partial charge on any atom is -1.00 e. The molecule has 2 N–H and O–H groups in total. The van der Waals surface area contributed by atoms with Gasteiger partial charge in [-0.15, -0.1) is 0 Å². The Labute approximate surface area is 260 Å². The van der Waals surface area contributed by atoms with Crippen LogP contribution in [0.3, 0.4) is 0 Å². The van der Waals surface area contributed by atoms with Crippen LogP contribution in [-0.4, -0.2) is 37.1 Å². The predicted octanol–water partition coefficient (Wildman–Crippen LogP) is 2.42. The van der Waals surface area contributed by atoms with Gasteiger partial charge >= 0.3 is 16.8 Å². The van der Waals surface area contributed by atoms with Gasteiger partial charge in [0.05, 0.1) is 0 Å². The first-order valence-corrected chi connectivity index (χ1v) is 13.4. The molecule has 6 heteroatoms. The minimum atomic E-state index is 0. The Balaban J connectivity index is 0. The van der Waals surface area contributed by atoms with Crippen LogP contribution >= 0.6 is 0 Å². The predicted molar refractivity (Wildman–Crippen MR) is 153 cm³/mol. The smallest absolute Gasteiger partial charge is 1.00 e. The molecule has 2 aromatic rings. The summed E-state index contributed by atoms with van der Waals surface area (Å²) >= 11 is 0. The Morgan fingerprint density at radius 2 is 0.784 bits per heavy atom. The van der Waals surface area contributed by atoms with Crippen LogP contribution in [0.2, 0.25) is 0 Å². The van der Waals surface area contributed by atoms with Crippen LogP contribution in [0.1, 0.15) is 115 Å². The molecule has 0 aliphatic carbocycles. The molecule has 0 spiro atoms. The van der Waals surface area contributed by atoms with E-state index in [-0.39, 0.29) is 50.7 Å². The summed E-state index contributed by atoms with van der Waals surface area (Å²) in [6.07, 6.45) is 0. The van der Waals surface area contributed by atoms with E-state index in [0.717, 1.165) is 13.1 Å². The van der Waals surface area contributed by atoms with Gasteiger partial charge in [0, 0.05) is 36.5 Å². The van der Waals surface area contributed by atoms with Gasteiger partial charge in [-0.2, -0.15) is 0 Å². The maximum atomic E-state index is 3.88. The molecule has 0 heterocycles. The summed E-state index contributed by atoms with van der Waals surface area (Å²) in [5.41, 5.74) is 8.35. The molecular formula is C31H51Br2CoN3. The SMILES string of the molecule is CC(CN(C)CC(C)Nc1c(C(C)C)cccc1C(C)C)Nc1c(C(C)C)cccc1C(C)C.[Br-].[Br-].[Co+2]. The van der Waals surface area contributed by atoms with E-state index < -0.39 is 0 Å². The number of nitrogens with zero attached hydrogens (tertiary/aromatic N) is 1. The molecule has 2 atom stereocenters. The molecule has 2 unspecified atom stereocenters. The van der Waals surface area contributed by atoms with E-state index in [1.165, 1.54) is 33.6 Å². The van der Waals surface area contributed by atoms with Crippen molar-refractivity contribution in [2.75, 3.05) is 30.8 Å². The Hall–Kier alpha value is -0.534. The van der Waals surface area contributed by atoms with Crippen molar-refractivity contribution in [2.24, 2.45) is 0 Å². The number of hydrogen-bond donors (Lipinski definition) is 2. The van der Waals surface area contributed by atoms with Gasteiger partial charge in [-0.1, -0.05) is 91.8 Å². The van der Waals surface area contributed by atoms with E-state index in [1.54, 1.807) is 0 Å². The van der Waals surface area contributed by atoms with Crippen molar-refractivity contribution in [3.63, 3.8) is 0 Å². The molecule has 0 fully saturated rings. The van der Waals surface area contributed by atoms with E-state index in [4.69, 9.17) is 0 Å². The first kappa shape index (κ1) is 38.6. The summed E-state index contributed by atoms with van der Waals surface area (Å²) in [5.74, 6) is 2.02. The average Bonchev–Trinajstić information content (AvgIpc) is 2.72. The third-order valence-electron chi connectivity index (χ3n) is 6.70. The molecule has 0 aliphatic heterocycles. The summed E-state index contributed by atoms with van der Waals surface area (Å²) in [7, 11) is 2.24. The number of rotatable bonds is 12. The molecule has 0 saturated heterocycles.